The third-order valence-corrected chi connectivity index (χ3v) is 2.59. The predicted molar refractivity (Wildman–Crippen MR) is 71.5 cm³/mol. The van der Waals surface area contributed by atoms with Crippen molar-refractivity contribution in [3.8, 4) is 5.75 Å². The topological polar surface area (TPSA) is 82.2 Å². The van der Waals surface area contributed by atoms with Gasteiger partial charge in [0.25, 0.3) is 0 Å². The molecule has 6 nitrogen and oxygen atoms in total. The number of nitrogens with one attached hydrogen (secondary N) is 1. The molecule has 0 atom stereocenters. The second-order valence-electron chi connectivity index (χ2n) is 4.07. The fraction of sp³-hybridized carbons (Fsp3) is 0.231. The molecule has 3 N–H and O–H groups in total. The maximum atomic E-state index is 11.7. The fourth-order valence-corrected chi connectivity index (χ4v) is 1.65. The first-order valence-corrected chi connectivity index (χ1v) is 5.86. The van der Waals surface area contributed by atoms with Crippen LogP contribution in [0.4, 0.5) is 5.82 Å². The molecular formula is C13H16N4O2. The summed E-state index contributed by atoms with van der Waals surface area (Å²) in [6.45, 7) is 0.605. The Morgan fingerprint density at radius 1 is 1.47 bits per heavy atom. The highest BCUT2D eigenvalue weighted by Crippen LogP contribution is 2.12. The summed E-state index contributed by atoms with van der Waals surface area (Å²) >= 11 is 0. The van der Waals surface area contributed by atoms with Crippen molar-refractivity contribution in [3.05, 3.63) is 42.1 Å². The van der Waals surface area contributed by atoms with Crippen LogP contribution < -0.4 is 15.8 Å². The molecule has 0 fully saturated rings. The first-order chi connectivity index (χ1) is 9.17. The Morgan fingerprint density at radius 3 is 3.00 bits per heavy atom. The number of nitrogens with two attached hydrogens (primary N) is 1. The molecule has 0 saturated carbocycles. The van der Waals surface area contributed by atoms with Gasteiger partial charge >= 0.3 is 0 Å². The van der Waals surface area contributed by atoms with Crippen LogP contribution in [-0.2, 0) is 17.9 Å². The molecule has 1 heterocycles. The number of carbonyl (C=O) groups is 1. The zero-order chi connectivity index (χ0) is 13.7. The monoisotopic (exact) mass is 260 g/mol. The lowest BCUT2D eigenvalue weighted by Gasteiger charge is -2.07. The summed E-state index contributed by atoms with van der Waals surface area (Å²) in [5.41, 5.74) is 6.45. The number of nitrogens with zero attached hydrogens (tertiary/aromatic N) is 2. The number of rotatable bonds is 5. The Bertz CT molecular complexity index is 565. The third-order valence-electron chi connectivity index (χ3n) is 2.59. The van der Waals surface area contributed by atoms with E-state index in [1.807, 2.05) is 24.3 Å². The quantitative estimate of drug-likeness (QED) is 0.832. The minimum Gasteiger partial charge on any atom is -0.497 e. The van der Waals surface area contributed by atoms with Crippen LogP contribution in [0.25, 0.3) is 0 Å². The van der Waals surface area contributed by atoms with Crippen LogP contribution in [0.2, 0.25) is 0 Å². The Hall–Kier alpha value is -2.50. The number of aromatic nitrogens is 2. The van der Waals surface area contributed by atoms with Gasteiger partial charge in [-0.2, -0.15) is 5.10 Å². The first-order valence-electron chi connectivity index (χ1n) is 5.86. The molecule has 6 heteroatoms. The van der Waals surface area contributed by atoms with Crippen molar-refractivity contribution in [2.45, 2.75) is 13.1 Å². The molecule has 2 aromatic rings. The standard InChI is InChI=1S/C13H16N4O2/c1-19-11-4-2-3-10(7-11)8-15-13(18)9-17-6-5-12(14)16-17/h2-7H,8-9H2,1H3,(H2,14,16)(H,15,18). The zero-order valence-corrected chi connectivity index (χ0v) is 10.7. The van der Waals surface area contributed by atoms with Crippen molar-refractivity contribution in [3.63, 3.8) is 0 Å². The lowest BCUT2D eigenvalue weighted by atomic mass is 10.2. The molecule has 0 aliphatic heterocycles. The van der Waals surface area contributed by atoms with E-state index in [-0.39, 0.29) is 12.5 Å². The van der Waals surface area contributed by atoms with Crippen molar-refractivity contribution in [1.82, 2.24) is 15.1 Å². The minimum absolute atomic E-state index is 0.120. The molecule has 0 saturated heterocycles. The average Bonchev–Trinajstić information content (AvgIpc) is 2.82. The lowest BCUT2D eigenvalue weighted by molar-refractivity contribution is -0.122. The van der Waals surface area contributed by atoms with Crippen LogP contribution in [0.5, 0.6) is 5.75 Å². The van der Waals surface area contributed by atoms with Gasteiger partial charge in [-0.3, -0.25) is 9.48 Å². The van der Waals surface area contributed by atoms with Gasteiger partial charge in [0.1, 0.15) is 18.1 Å². The molecule has 0 radical (unpaired) electrons. The maximum absolute atomic E-state index is 11.7. The molecule has 0 spiro atoms. The van der Waals surface area contributed by atoms with Crippen molar-refractivity contribution in [2.24, 2.45) is 0 Å². The molecule has 1 aromatic heterocycles. The van der Waals surface area contributed by atoms with Gasteiger partial charge < -0.3 is 15.8 Å². The molecule has 0 aliphatic rings. The van der Waals surface area contributed by atoms with Crippen LogP contribution in [0.3, 0.4) is 0 Å². The van der Waals surface area contributed by atoms with E-state index < -0.39 is 0 Å². The van der Waals surface area contributed by atoms with Crippen molar-refractivity contribution < 1.29 is 9.53 Å². The number of hydrogen-bond donors (Lipinski definition) is 2. The second-order valence-corrected chi connectivity index (χ2v) is 4.07. The van der Waals surface area contributed by atoms with E-state index in [0.717, 1.165) is 11.3 Å². The molecule has 1 amide bonds. The number of anilines is 1. The van der Waals surface area contributed by atoms with Crippen LogP contribution in [0.15, 0.2) is 36.5 Å². The zero-order valence-electron chi connectivity index (χ0n) is 10.7. The number of nitrogen functional groups attached to an aromatic ring is 1. The Morgan fingerprint density at radius 2 is 2.32 bits per heavy atom. The number of hydrogen-bond acceptors (Lipinski definition) is 4. The van der Waals surface area contributed by atoms with Gasteiger partial charge in [0.05, 0.1) is 7.11 Å². The van der Waals surface area contributed by atoms with E-state index in [2.05, 4.69) is 10.4 Å². The number of carbonyl (C=O) groups excluding carboxylic acids is 1. The van der Waals surface area contributed by atoms with Crippen LogP contribution >= 0.6 is 0 Å². The number of amides is 1. The summed E-state index contributed by atoms with van der Waals surface area (Å²) < 4.78 is 6.62. The van der Waals surface area contributed by atoms with Crippen LogP contribution in [0, 0.1) is 0 Å². The maximum Gasteiger partial charge on any atom is 0.241 e. The molecule has 0 aliphatic carbocycles. The second kappa shape index (κ2) is 5.90. The van der Waals surface area contributed by atoms with Crippen molar-refractivity contribution >= 4 is 11.7 Å². The van der Waals surface area contributed by atoms with Crippen LogP contribution in [0.1, 0.15) is 5.56 Å². The minimum atomic E-state index is -0.120. The highest BCUT2D eigenvalue weighted by molar-refractivity contribution is 5.75. The average molecular weight is 260 g/mol. The summed E-state index contributed by atoms with van der Waals surface area (Å²) in [5.74, 6) is 1.05. The molecule has 0 unspecified atom stereocenters. The summed E-state index contributed by atoms with van der Waals surface area (Å²) in [6, 6.07) is 9.20. The number of methoxy groups -OCH3 is 1. The molecule has 100 valence electrons. The normalized spacial score (nSPS) is 10.2. The third kappa shape index (κ3) is 3.74. The van der Waals surface area contributed by atoms with Gasteiger partial charge in [0, 0.05) is 12.7 Å². The van der Waals surface area contributed by atoms with Gasteiger partial charge in [-0.05, 0) is 23.8 Å². The lowest BCUT2D eigenvalue weighted by Crippen LogP contribution is -2.27. The first kappa shape index (κ1) is 12.9. The van der Waals surface area contributed by atoms with E-state index in [0.29, 0.717) is 12.4 Å². The largest absolute Gasteiger partial charge is 0.497 e. The highest BCUT2D eigenvalue weighted by atomic mass is 16.5. The molecule has 2 rings (SSSR count). The van der Waals surface area contributed by atoms with Gasteiger partial charge in [0.2, 0.25) is 5.91 Å². The fourth-order valence-electron chi connectivity index (χ4n) is 1.65. The molecule has 1 aromatic carbocycles. The van der Waals surface area contributed by atoms with E-state index in [1.54, 1.807) is 19.4 Å². The molecule has 19 heavy (non-hydrogen) atoms. The number of benzene rings is 1. The number of ether oxygens (including phenoxy) is 1. The highest BCUT2D eigenvalue weighted by Gasteiger charge is 2.04. The Balaban J connectivity index is 1.86. The van der Waals surface area contributed by atoms with Crippen LogP contribution in [-0.4, -0.2) is 22.8 Å². The van der Waals surface area contributed by atoms with Gasteiger partial charge in [-0.25, -0.2) is 0 Å². The summed E-state index contributed by atoms with van der Waals surface area (Å²) in [4.78, 5) is 11.7. The van der Waals surface area contributed by atoms with Crippen molar-refractivity contribution in [1.29, 1.82) is 0 Å². The van der Waals surface area contributed by atoms with Gasteiger partial charge in [-0.1, -0.05) is 12.1 Å². The molecular weight excluding hydrogens is 244 g/mol. The van der Waals surface area contributed by atoms with E-state index in [1.165, 1.54) is 4.68 Å². The molecule has 0 bridgehead atoms. The van der Waals surface area contributed by atoms with Gasteiger partial charge in [-0.15, -0.1) is 0 Å². The Labute approximate surface area is 111 Å². The smallest absolute Gasteiger partial charge is 0.241 e. The SMILES string of the molecule is COc1cccc(CNC(=O)Cn2ccc(N)n2)c1. The van der Waals surface area contributed by atoms with Gasteiger partial charge in [0.15, 0.2) is 0 Å². The predicted octanol–water partition coefficient (Wildman–Crippen LogP) is 0.790. The Kier molecular flexibility index (Phi) is 4.02. The summed E-state index contributed by atoms with van der Waals surface area (Å²) in [7, 11) is 1.61. The van der Waals surface area contributed by atoms with E-state index >= 15 is 0 Å². The van der Waals surface area contributed by atoms with E-state index in [9.17, 15) is 4.79 Å². The summed E-state index contributed by atoms with van der Waals surface area (Å²) in [6.07, 6.45) is 1.67. The van der Waals surface area contributed by atoms with E-state index in [4.69, 9.17) is 10.5 Å². The summed E-state index contributed by atoms with van der Waals surface area (Å²) in [5, 5.41) is 6.76. The van der Waals surface area contributed by atoms with Crippen molar-refractivity contribution in [2.75, 3.05) is 12.8 Å².